The Morgan fingerprint density at radius 3 is 2.43 bits per heavy atom. The molecule has 2 aromatic heterocycles. The van der Waals surface area contributed by atoms with E-state index < -0.39 is 17.4 Å². The third-order valence-electron chi connectivity index (χ3n) is 11.3. The maximum atomic E-state index is 14.2. The summed E-state index contributed by atoms with van der Waals surface area (Å²) in [7, 11) is 1.56. The highest BCUT2D eigenvalue weighted by Gasteiger charge is 2.44. The van der Waals surface area contributed by atoms with E-state index >= 15 is 0 Å². The number of carbonyl (C=O) groups excluding carboxylic acids is 2. The number of piperidine rings is 1. The third-order valence-corrected chi connectivity index (χ3v) is 12.1. The summed E-state index contributed by atoms with van der Waals surface area (Å²) in [6, 6.07) is 14.8. The summed E-state index contributed by atoms with van der Waals surface area (Å²) in [5, 5.41) is 24.5. The first kappa shape index (κ1) is 36.6. The van der Waals surface area contributed by atoms with E-state index in [0.29, 0.717) is 65.9 Å². The number of carbonyl (C=O) groups is 3. The predicted molar refractivity (Wildman–Crippen MR) is 199 cm³/mol. The van der Waals surface area contributed by atoms with Crippen LogP contribution < -0.4 is 10.1 Å². The number of ether oxygens (including phenoxy) is 1. The Morgan fingerprint density at radius 2 is 1.75 bits per heavy atom. The first-order valence-electron chi connectivity index (χ1n) is 17.8. The number of methoxy groups -OCH3 is 1. The number of carboxylic acids is 1. The van der Waals surface area contributed by atoms with Crippen molar-refractivity contribution in [2.75, 3.05) is 52.9 Å². The molecule has 3 fully saturated rings. The number of aliphatic carboxylic acids is 1. The number of H-pyrrole nitrogens is 1. The second kappa shape index (κ2) is 15.3. The number of carboxylic acid groups (broad SMARTS) is 1. The molecule has 7 rings (SSSR count). The molecule has 5 heterocycles. The lowest BCUT2D eigenvalue weighted by Gasteiger charge is -2.44. The maximum absolute atomic E-state index is 14.2. The number of hydrogen-bond acceptors (Lipinski definition) is 8. The molecule has 0 aliphatic carbocycles. The number of nitrogens with zero attached hydrogens (tertiary/aromatic N) is 6. The van der Waals surface area contributed by atoms with E-state index in [0.717, 1.165) is 49.2 Å². The molecule has 3 N–H and O–H groups in total. The summed E-state index contributed by atoms with van der Waals surface area (Å²) in [4.78, 5) is 49.4. The van der Waals surface area contributed by atoms with Gasteiger partial charge in [0.05, 0.1) is 40.4 Å². The van der Waals surface area contributed by atoms with Crippen molar-refractivity contribution in [2.45, 2.75) is 43.1 Å². The van der Waals surface area contributed by atoms with Gasteiger partial charge in [0.25, 0.3) is 5.91 Å². The van der Waals surface area contributed by atoms with Gasteiger partial charge in [0.2, 0.25) is 0 Å². The van der Waals surface area contributed by atoms with E-state index in [-0.39, 0.29) is 23.9 Å². The lowest BCUT2D eigenvalue weighted by molar-refractivity contribution is -0.141. The standard InChI is InChI=1S/C38H42Cl2N8O5/c1-53-33-5-2-25(32-22-42-45-44-32)20-29(33)34(49)48-19-10-37(24-48,28-3-4-30(39)31(40)21-28)9-16-46-17-11-38(12-18-46,27-6-13-41-14-7-27)43-36(52)47-15-8-26(23-47)35(50)51/h2-7,13-14,20-22,26H,8-12,15-19,23-24H2,1H3,(H,43,52)(H,50,51)(H,42,44,45). The normalized spacial score (nSPS) is 21.5. The Balaban J connectivity index is 1.08. The first-order valence-corrected chi connectivity index (χ1v) is 18.6. The molecule has 0 bridgehead atoms. The van der Waals surface area contributed by atoms with E-state index in [9.17, 15) is 19.5 Å². The average molecular weight is 762 g/mol. The zero-order valence-electron chi connectivity index (χ0n) is 29.4. The molecule has 3 amide bonds. The van der Waals surface area contributed by atoms with Gasteiger partial charge in [0.15, 0.2) is 0 Å². The first-order chi connectivity index (χ1) is 25.6. The third kappa shape index (κ3) is 7.55. The largest absolute Gasteiger partial charge is 0.496 e. The molecule has 2 atom stereocenters. The molecule has 53 heavy (non-hydrogen) atoms. The molecule has 3 saturated heterocycles. The SMILES string of the molecule is COc1ccc(-c2cn[nH]n2)cc1C(=O)N1CCC(CCN2CCC(NC(=O)N3CCC(C(=O)O)C3)(c3ccncc3)CC2)(c2ccc(Cl)c(Cl)c2)C1. The van der Waals surface area contributed by atoms with Gasteiger partial charge in [-0.25, -0.2) is 4.79 Å². The van der Waals surface area contributed by atoms with Crippen molar-refractivity contribution in [1.29, 1.82) is 0 Å². The summed E-state index contributed by atoms with van der Waals surface area (Å²) in [5.74, 6) is -1.06. The van der Waals surface area contributed by atoms with Gasteiger partial charge in [-0.15, -0.1) is 0 Å². The molecule has 4 aromatic rings. The van der Waals surface area contributed by atoms with Crippen LogP contribution in [0.2, 0.25) is 10.0 Å². The second-order valence-electron chi connectivity index (χ2n) is 14.3. The van der Waals surface area contributed by atoms with Crippen LogP contribution >= 0.6 is 23.2 Å². The van der Waals surface area contributed by atoms with Gasteiger partial charge in [-0.05, 0) is 92.2 Å². The van der Waals surface area contributed by atoms with E-state index in [2.05, 4.69) is 30.6 Å². The lowest BCUT2D eigenvalue weighted by Crippen LogP contribution is -2.56. The molecule has 15 heteroatoms. The van der Waals surface area contributed by atoms with Gasteiger partial charge in [-0.3, -0.25) is 14.6 Å². The molecule has 13 nitrogen and oxygen atoms in total. The van der Waals surface area contributed by atoms with Crippen LogP contribution in [-0.2, 0) is 15.7 Å². The fraction of sp³-hybridized carbons (Fsp3) is 0.421. The number of benzene rings is 2. The number of rotatable bonds is 10. The minimum absolute atomic E-state index is 0.127. The summed E-state index contributed by atoms with van der Waals surface area (Å²) in [5.41, 5.74) is 2.86. The summed E-state index contributed by atoms with van der Waals surface area (Å²) in [6.45, 7) is 3.87. The lowest BCUT2D eigenvalue weighted by atomic mass is 9.76. The fourth-order valence-corrected chi connectivity index (χ4v) is 8.42. The highest BCUT2D eigenvalue weighted by atomic mass is 35.5. The smallest absolute Gasteiger partial charge is 0.318 e. The Kier molecular flexibility index (Phi) is 10.6. The van der Waals surface area contributed by atoms with Crippen molar-refractivity contribution in [1.82, 2.24) is 40.4 Å². The number of amides is 3. The van der Waals surface area contributed by atoms with Gasteiger partial charge in [-0.2, -0.15) is 15.4 Å². The number of hydrogen-bond donors (Lipinski definition) is 3. The number of nitrogens with one attached hydrogen (secondary N) is 2. The molecule has 3 aliphatic rings. The molecule has 2 aromatic carbocycles. The second-order valence-corrected chi connectivity index (χ2v) is 15.1. The van der Waals surface area contributed by atoms with Crippen molar-refractivity contribution >= 4 is 41.1 Å². The fourth-order valence-electron chi connectivity index (χ4n) is 8.12. The van der Waals surface area contributed by atoms with Gasteiger partial charge < -0.3 is 29.9 Å². The van der Waals surface area contributed by atoms with E-state index in [1.54, 1.807) is 42.7 Å². The number of halogens is 2. The Labute approximate surface area is 317 Å². The van der Waals surface area contributed by atoms with Gasteiger partial charge in [-0.1, -0.05) is 29.3 Å². The number of likely N-dealkylation sites (tertiary alicyclic amines) is 3. The molecule has 278 valence electrons. The van der Waals surface area contributed by atoms with Crippen LogP contribution in [-0.4, -0.2) is 111 Å². The quantitative estimate of drug-likeness (QED) is 0.191. The van der Waals surface area contributed by atoms with Crippen LogP contribution in [0.3, 0.4) is 0 Å². The minimum atomic E-state index is -0.872. The Bertz CT molecular complexity index is 1960. The molecule has 2 unspecified atom stereocenters. The van der Waals surface area contributed by atoms with Crippen molar-refractivity contribution in [2.24, 2.45) is 5.92 Å². The Morgan fingerprint density at radius 1 is 0.962 bits per heavy atom. The average Bonchev–Trinajstić information content (AvgIpc) is 3.98. The Hall–Kier alpha value is -4.72. The molecular weight excluding hydrogens is 719 g/mol. The monoisotopic (exact) mass is 760 g/mol. The van der Waals surface area contributed by atoms with Gasteiger partial charge in [0.1, 0.15) is 11.4 Å². The summed E-state index contributed by atoms with van der Waals surface area (Å²) < 4.78 is 5.62. The summed E-state index contributed by atoms with van der Waals surface area (Å²) >= 11 is 12.9. The maximum Gasteiger partial charge on any atom is 0.318 e. The molecule has 3 aliphatic heterocycles. The van der Waals surface area contributed by atoms with Crippen LogP contribution in [0.1, 0.15) is 53.6 Å². The van der Waals surface area contributed by atoms with Crippen molar-refractivity contribution in [3.05, 3.63) is 93.9 Å². The van der Waals surface area contributed by atoms with Crippen molar-refractivity contribution < 1.29 is 24.2 Å². The van der Waals surface area contributed by atoms with E-state index in [4.69, 9.17) is 27.9 Å². The zero-order valence-corrected chi connectivity index (χ0v) is 30.9. The topological polar surface area (TPSA) is 157 Å². The van der Waals surface area contributed by atoms with Crippen LogP contribution in [0.15, 0.2) is 67.1 Å². The van der Waals surface area contributed by atoms with Crippen molar-refractivity contribution in [3.63, 3.8) is 0 Å². The molecule has 0 spiro atoms. The van der Waals surface area contributed by atoms with Crippen LogP contribution in [0.4, 0.5) is 4.79 Å². The number of aromatic amines is 1. The summed E-state index contributed by atoms with van der Waals surface area (Å²) in [6.07, 6.45) is 8.38. The predicted octanol–water partition coefficient (Wildman–Crippen LogP) is 5.46. The number of pyridine rings is 1. The van der Waals surface area contributed by atoms with Crippen molar-refractivity contribution in [3.8, 4) is 17.0 Å². The van der Waals surface area contributed by atoms with Gasteiger partial charge >= 0.3 is 12.0 Å². The highest BCUT2D eigenvalue weighted by molar-refractivity contribution is 6.42. The van der Waals surface area contributed by atoms with Gasteiger partial charge in [0, 0.05) is 62.6 Å². The van der Waals surface area contributed by atoms with Crippen LogP contribution in [0.5, 0.6) is 5.75 Å². The zero-order chi connectivity index (χ0) is 37.2. The van der Waals surface area contributed by atoms with E-state index in [1.165, 1.54) is 0 Å². The van der Waals surface area contributed by atoms with E-state index in [1.807, 2.05) is 41.3 Å². The molecule has 0 radical (unpaired) electrons. The molecule has 0 saturated carbocycles. The minimum Gasteiger partial charge on any atom is -0.496 e. The molecular formula is C38H42Cl2N8O5. The van der Waals surface area contributed by atoms with Crippen LogP contribution in [0.25, 0.3) is 11.3 Å². The number of aromatic nitrogens is 4. The number of urea groups is 1. The highest BCUT2D eigenvalue weighted by Crippen LogP contribution is 2.42. The van der Waals surface area contributed by atoms with Crippen LogP contribution in [0, 0.1) is 5.92 Å².